The average molecular weight is 525 g/mol. The minimum atomic E-state index is -0.665. The van der Waals surface area contributed by atoms with Gasteiger partial charge in [0, 0.05) is 30.6 Å². The van der Waals surface area contributed by atoms with Crippen molar-refractivity contribution in [3.63, 3.8) is 0 Å². The van der Waals surface area contributed by atoms with Crippen LogP contribution >= 0.6 is 57.8 Å². The molecule has 0 spiro atoms. The van der Waals surface area contributed by atoms with E-state index in [0.717, 1.165) is 23.1 Å². The fourth-order valence-corrected chi connectivity index (χ4v) is 7.17. The van der Waals surface area contributed by atoms with Crippen LogP contribution in [-0.4, -0.2) is 13.9 Å². The third kappa shape index (κ3) is 3.05. The molecule has 2 aromatic carbocycles. The highest BCUT2D eigenvalue weighted by Crippen LogP contribution is 2.52. The summed E-state index contributed by atoms with van der Waals surface area (Å²) in [7, 11) is 0. The number of rotatable bonds is 5. The van der Waals surface area contributed by atoms with Crippen molar-refractivity contribution in [2.75, 3.05) is 0 Å². The molecule has 0 saturated carbocycles. The maximum Gasteiger partial charge on any atom is 0.198 e. The first-order chi connectivity index (χ1) is 15.5. The smallest absolute Gasteiger partial charge is 0.198 e. The van der Waals surface area contributed by atoms with Crippen molar-refractivity contribution in [1.82, 2.24) is 8.75 Å². The van der Waals surface area contributed by atoms with Gasteiger partial charge in [0.15, 0.2) is 11.6 Å². The van der Waals surface area contributed by atoms with E-state index in [-0.39, 0.29) is 22.1 Å². The molecule has 11 heteroatoms. The standard InChI is InChI=1S/C21H11ClF2N2O2S4/c1-3-10(29-4-2)12-14(22)15(23)13(17-16(12)25-32-26-17)11-7-9-18(27)20-8(5-6-30-20)19(28-24)21(9)31-11/h3-7,27H,2H2,1H3/b10-3-. The van der Waals surface area contributed by atoms with E-state index in [0.29, 0.717) is 46.6 Å². The summed E-state index contributed by atoms with van der Waals surface area (Å²) in [5.41, 5.74) is 1.40. The van der Waals surface area contributed by atoms with Crippen LogP contribution in [0, 0.1) is 5.82 Å². The first-order valence-electron chi connectivity index (χ1n) is 9.03. The Morgan fingerprint density at radius 1 is 1.28 bits per heavy atom. The minimum Gasteiger partial charge on any atom is -0.506 e. The van der Waals surface area contributed by atoms with Crippen LogP contribution in [0.25, 0.3) is 46.6 Å². The summed E-state index contributed by atoms with van der Waals surface area (Å²) in [6, 6.07) is 3.26. The number of aromatic nitrogens is 2. The molecule has 0 fully saturated rings. The zero-order valence-electron chi connectivity index (χ0n) is 16.1. The van der Waals surface area contributed by atoms with Crippen molar-refractivity contribution in [3.05, 3.63) is 52.0 Å². The number of phenols is 1. The summed E-state index contributed by atoms with van der Waals surface area (Å²) in [4.78, 5) is 5.29. The Morgan fingerprint density at radius 3 is 2.78 bits per heavy atom. The van der Waals surface area contributed by atoms with E-state index in [1.165, 1.54) is 23.1 Å². The Morgan fingerprint density at radius 2 is 2.06 bits per heavy atom. The fourth-order valence-electron chi connectivity index (χ4n) is 3.61. The van der Waals surface area contributed by atoms with Crippen LogP contribution in [0.3, 0.4) is 0 Å². The van der Waals surface area contributed by atoms with Gasteiger partial charge in [-0.3, -0.25) is 4.94 Å². The Bertz CT molecular complexity index is 1570. The second-order valence-electron chi connectivity index (χ2n) is 6.55. The lowest BCUT2D eigenvalue weighted by atomic mass is 10.0. The largest absolute Gasteiger partial charge is 0.506 e. The minimum absolute atomic E-state index is 0.0114. The molecule has 0 saturated heterocycles. The Labute approximate surface area is 201 Å². The molecule has 4 nitrogen and oxygen atoms in total. The molecule has 0 aliphatic heterocycles. The number of benzene rings is 2. The molecule has 0 aliphatic carbocycles. The van der Waals surface area contributed by atoms with E-state index in [4.69, 9.17) is 11.6 Å². The second-order valence-corrected chi connectivity index (χ2v) is 10.4. The predicted octanol–water partition coefficient (Wildman–Crippen LogP) is 8.79. The number of allylic oxidation sites excluding steroid dienone is 1. The summed E-state index contributed by atoms with van der Waals surface area (Å²) in [6.45, 7) is 5.53. The molecule has 0 atom stereocenters. The molecule has 5 rings (SSSR count). The Balaban J connectivity index is 1.85. The fraction of sp³-hybridized carbons (Fsp3) is 0.0476. The topological polar surface area (TPSA) is 55.2 Å². The first kappa shape index (κ1) is 21.6. The van der Waals surface area contributed by atoms with Gasteiger partial charge in [0.1, 0.15) is 16.8 Å². The number of fused-ring (bicyclic) bond motifs is 3. The first-order valence-corrected chi connectivity index (χ1v) is 12.7. The van der Waals surface area contributed by atoms with Gasteiger partial charge in [-0.2, -0.15) is 8.75 Å². The maximum absolute atomic E-state index is 15.7. The maximum atomic E-state index is 15.7. The van der Waals surface area contributed by atoms with Crippen molar-refractivity contribution in [2.45, 2.75) is 6.92 Å². The predicted molar refractivity (Wildman–Crippen MR) is 133 cm³/mol. The zero-order chi connectivity index (χ0) is 22.6. The van der Waals surface area contributed by atoms with Crippen LogP contribution in [0.2, 0.25) is 5.02 Å². The number of halogens is 3. The highest BCUT2D eigenvalue weighted by Gasteiger charge is 2.27. The van der Waals surface area contributed by atoms with Gasteiger partial charge >= 0.3 is 0 Å². The van der Waals surface area contributed by atoms with Crippen molar-refractivity contribution in [1.29, 1.82) is 0 Å². The van der Waals surface area contributed by atoms with E-state index >= 15 is 4.39 Å². The number of hydrogen-bond acceptors (Lipinski definition) is 8. The van der Waals surface area contributed by atoms with Gasteiger partial charge in [0.05, 0.1) is 31.7 Å². The van der Waals surface area contributed by atoms with Crippen LogP contribution in [-0.2, 0) is 0 Å². The summed E-state index contributed by atoms with van der Waals surface area (Å²) in [6.07, 6.45) is 1.81. The molecule has 32 heavy (non-hydrogen) atoms. The molecule has 0 unspecified atom stereocenters. The van der Waals surface area contributed by atoms with Crippen LogP contribution in [0.1, 0.15) is 12.5 Å². The van der Waals surface area contributed by atoms with Crippen molar-refractivity contribution in [2.24, 2.45) is 0 Å². The van der Waals surface area contributed by atoms with Crippen LogP contribution < -0.4 is 4.94 Å². The number of thioether (sulfide) groups is 1. The molecule has 5 aromatic rings. The van der Waals surface area contributed by atoms with Crippen LogP contribution in [0.4, 0.5) is 8.92 Å². The molecule has 0 amide bonds. The quantitative estimate of drug-likeness (QED) is 0.249. The van der Waals surface area contributed by atoms with Crippen LogP contribution in [0.5, 0.6) is 11.5 Å². The van der Waals surface area contributed by atoms with Crippen LogP contribution in [0.15, 0.2) is 35.6 Å². The van der Waals surface area contributed by atoms with Gasteiger partial charge in [-0.15, -0.1) is 22.7 Å². The van der Waals surface area contributed by atoms with E-state index in [9.17, 15) is 9.63 Å². The summed E-state index contributed by atoms with van der Waals surface area (Å²) in [5.74, 6) is -0.691. The normalized spacial score (nSPS) is 12.3. The molecular formula is C21H11ClF2N2O2S4. The molecule has 162 valence electrons. The zero-order valence-corrected chi connectivity index (χ0v) is 20.1. The van der Waals surface area contributed by atoms with Gasteiger partial charge < -0.3 is 5.11 Å². The Hall–Kier alpha value is -2.24. The molecule has 3 heterocycles. The highest BCUT2D eigenvalue weighted by molar-refractivity contribution is 8.10. The third-order valence-electron chi connectivity index (χ3n) is 4.95. The van der Waals surface area contributed by atoms with E-state index < -0.39 is 5.82 Å². The van der Waals surface area contributed by atoms with Gasteiger partial charge in [0.2, 0.25) is 0 Å². The number of thiophene rings is 2. The SMILES string of the molecule is C=CS/C(=C\C)c1c(Cl)c(F)c(-c2cc3c(O)c4sccc4c(OF)c3s2)c2nsnc12. The lowest BCUT2D eigenvalue weighted by molar-refractivity contribution is -0.00212. The number of hydrogen-bond donors (Lipinski definition) is 1. The van der Waals surface area contributed by atoms with E-state index in [1.807, 2.05) is 6.92 Å². The molecule has 0 aliphatic rings. The summed E-state index contributed by atoms with van der Waals surface area (Å²) in [5, 5.41) is 14.8. The molecular weight excluding hydrogens is 514 g/mol. The van der Waals surface area contributed by atoms with Gasteiger partial charge in [-0.25, -0.2) is 4.39 Å². The number of nitrogens with zero attached hydrogens (tertiary/aromatic N) is 2. The number of phenolic OH excluding ortho intramolecular Hbond substituents is 1. The number of aromatic hydroxyl groups is 1. The average Bonchev–Trinajstić information content (AvgIpc) is 3.54. The Kier molecular flexibility index (Phi) is 5.58. The van der Waals surface area contributed by atoms with E-state index in [2.05, 4.69) is 20.3 Å². The summed E-state index contributed by atoms with van der Waals surface area (Å²) < 4.78 is 38.7. The lowest BCUT2D eigenvalue weighted by Gasteiger charge is -2.11. The van der Waals surface area contributed by atoms with Crippen molar-refractivity contribution >= 4 is 93.9 Å². The third-order valence-corrected chi connectivity index (χ3v) is 8.77. The highest BCUT2D eigenvalue weighted by atomic mass is 35.5. The van der Waals surface area contributed by atoms with Gasteiger partial charge in [-0.05, 0) is 29.8 Å². The molecule has 1 N–H and O–H groups in total. The van der Waals surface area contributed by atoms with Crippen molar-refractivity contribution < 1.29 is 19.0 Å². The van der Waals surface area contributed by atoms with Gasteiger partial charge in [-0.1, -0.05) is 36.0 Å². The molecule has 3 aromatic heterocycles. The van der Waals surface area contributed by atoms with Gasteiger partial charge in [0.25, 0.3) is 0 Å². The van der Waals surface area contributed by atoms with Crippen molar-refractivity contribution in [3.8, 4) is 21.9 Å². The van der Waals surface area contributed by atoms with E-state index in [1.54, 1.807) is 29.0 Å². The second kappa shape index (κ2) is 8.27. The monoisotopic (exact) mass is 524 g/mol. The lowest BCUT2D eigenvalue weighted by Crippen LogP contribution is -1.94. The molecule has 0 radical (unpaired) electrons. The summed E-state index contributed by atoms with van der Waals surface area (Å²) >= 11 is 11.1. The molecule has 0 bridgehead atoms.